The molecule has 0 unspecified atom stereocenters. The highest BCUT2D eigenvalue weighted by molar-refractivity contribution is 7.07. The molecule has 0 saturated heterocycles. The first-order valence-corrected chi connectivity index (χ1v) is 12.9. The maximum Gasteiger partial charge on any atom is 0.271 e. The molecular formula is C29H24N4O3S. The number of aromatic nitrogens is 1. The number of rotatable bonds is 4. The first-order valence-electron chi connectivity index (χ1n) is 12.1. The zero-order valence-electron chi connectivity index (χ0n) is 20.4. The molecule has 7 nitrogen and oxygen atoms in total. The molecule has 6 rings (SSSR count). The standard InChI is InChI=1S/C29H24N4O3S/c1-31(2)21-13-10-18(11-14-21)16-25-28(34)32-27(20-7-5-8-22(17-20)33(35)36)24-15-12-19-6-3-4-9-23(19)26(24)30-29(32)37-25/h3-11,13-14,16-17,27H,12,15H2,1-2H3/b25-16+/t27-/m1/s1. The summed E-state index contributed by atoms with van der Waals surface area (Å²) in [6.45, 7) is 0. The number of aryl methyl sites for hydroxylation is 1. The average molecular weight is 509 g/mol. The van der Waals surface area contributed by atoms with Gasteiger partial charge in [-0.3, -0.25) is 19.5 Å². The molecule has 1 aliphatic heterocycles. The van der Waals surface area contributed by atoms with Crippen molar-refractivity contribution in [3.8, 4) is 0 Å². The summed E-state index contributed by atoms with van der Waals surface area (Å²) in [7, 11) is 3.97. The number of fused-ring (bicyclic) bond motifs is 3. The maximum atomic E-state index is 13.8. The lowest BCUT2D eigenvalue weighted by molar-refractivity contribution is -0.384. The van der Waals surface area contributed by atoms with Gasteiger partial charge in [-0.25, -0.2) is 4.99 Å². The van der Waals surface area contributed by atoms with Gasteiger partial charge >= 0.3 is 0 Å². The summed E-state index contributed by atoms with van der Waals surface area (Å²) >= 11 is 1.36. The zero-order chi connectivity index (χ0) is 25.7. The van der Waals surface area contributed by atoms with E-state index in [9.17, 15) is 14.9 Å². The zero-order valence-corrected chi connectivity index (χ0v) is 21.2. The monoisotopic (exact) mass is 508 g/mol. The molecule has 2 aliphatic rings. The summed E-state index contributed by atoms with van der Waals surface area (Å²) in [5.74, 6) is 0. The molecule has 0 amide bonds. The summed E-state index contributed by atoms with van der Waals surface area (Å²) in [4.78, 5) is 32.6. The van der Waals surface area contributed by atoms with Gasteiger partial charge in [-0.15, -0.1) is 0 Å². The van der Waals surface area contributed by atoms with Crippen LogP contribution in [0.5, 0.6) is 0 Å². The van der Waals surface area contributed by atoms with Gasteiger partial charge in [0.2, 0.25) is 0 Å². The van der Waals surface area contributed by atoms with Gasteiger partial charge in [-0.1, -0.05) is 59.9 Å². The van der Waals surface area contributed by atoms with Gasteiger partial charge in [0, 0.05) is 37.5 Å². The normalized spacial score (nSPS) is 16.5. The van der Waals surface area contributed by atoms with E-state index in [-0.39, 0.29) is 11.2 Å². The minimum atomic E-state index is -0.447. The van der Waals surface area contributed by atoms with E-state index < -0.39 is 11.0 Å². The fourth-order valence-electron chi connectivity index (χ4n) is 5.15. The van der Waals surface area contributed by atoms with Crippen LogP contribution in [0, 0.1) is 10.1 Å². The molecule has 1 aliphatic carbocycles. The lowest BCUT2D eigenvalue weighted by Crippen LogP contribution is -2.38. The van der Waals surface area contributed by atoms with Crippen LogP contribution in [-0.2, 0) is 6.42 Å². The Morgan fingerprint density at radius 2 is 1.84 bits per heavy atom. The Kier molecular flexibility index (Phi) is 5.61. The van der Waals surface area contributed by atoms with Crippen molar-refractivity contribution in [1.29, 1.82) is 0 Å². The van der Waals surface area contributed by atoms with E-state index in [0.717, 1.165) is 46.5 Å². The maximum absolute atomic E-state index is 13.8. The van der Waals surface area contributed by atoms with E-state index >= 15 is 0 Å². The van der Waals surface area contributed by atoms with Crippen molar-refractivity contribution in [3.63, 3.8) is 0 Å². The van der Waals surface area contributed by atoms with Crippen LogP contribution in [0.1, 0.15) is 34.7 Å². The number of hydrogen-bond acceptors (Lipinski definition) is 6. The molecule has 0 N–H and O–H groups in total. The van der Waals surface area contributed by atoms with Gasteiger partial charge in [0.25, 0.3) is 11.2 Å². The highest BCUT2D eigenvalue weighted by Crippen LogP contribution is 2.41. The Morgan fingerprint density at radius 1 is 1.05 bits per heavy atom. The van der Waals surface area contributed by atoms with E-state index in [1.54, 1.807) is 16.7 Å². The van der Waals surface area contributed by atoms with Crippen LogP contribution in [0.15, 0.2) is 88.2 Å². The Morgan fingerprint density at radius 3 is 2.59 bits per heavy atom. The first-order chi connectivity index (χ1) is 17.9. The van der Waals surface area contributed by atoms with Gasteiger partial charge in [-0.2, -0.15) is 0 Å². The molecule has 3 aromatic carbocycles. The highest BCUT2D eigenvalue weighted by atomic mass is 32.1. The number of nitrogens with zero attached hydrogens (tertiary/aromatic N) is 4. The molecule has 37 heavy (non-hydrogen) atoms. The molecule has 2 heterocycles. The largest absolute Gasteiger partial charge is 0.378 e. The van der Waals surface area contributed by atoms with Gasteiger partial charge in [0.05, 0.1) is 21.2 Å². The molecule has 0 bridgehead atoms. The molecular weight excluding hydrogens is 484 g/mol. The second kappa shape index (κ2) is 8.97. The molecule has 8 heteroatoms. The van der Waals surface area contributed by atoms with Gasteiger partial charge in [0.1, 0.15) is 0 Å². The second-order valence-electron chi connectivity index (χ2n) is 9.45. The predicted octanol–water partition coefficient (Wildman–Crippen LogP) is 4.29. The van der Waals surface area contributed by atoms with Crippen LogP contribution in [0.3, 0.4) is 0 Å². The topological polar surface area (TPSA) is 80.7 Å². The fourth-order valence-corrected chi connectivity index (χ4v) is 6.15. The summed E-state index contributed by atoms with van der Waals surface area (Å²) in [6, 6.07) is 22.4. The molecule has 184 valence electrons. The third-order valence-corrected chi connectivity index (χ3v) is 7.96. The fraction of sp³-hybridized carbons (Fsp3) is 0.172. The van der Waals surface area contributed by atoms with Gasteiger partial charge in [-0.05, 0) is 53.3 Å². The minimum absolute atomic E-state index is 0.0102. The van der Waals surface area contributed by atoms with Gasteiger partial charge < -0.3 is 4.90 Å². The predicted molar refractivity (Wildman–Crippen MR) is 147 cm³/mol. The van der Waals surface area contributed by atoms with Crippen LogP contribution >= 0.6 is 11.3 Å². The number of benzene rings is 3. The summed E-state index contributed by atoms with van der Waals surface area (Å²) in [5, 5.41) is 11.6. The van der Waals surface area contributed by atoms with Crippen molar-refractivity contribution in [3.05, 3.63) is 130 Å². The van der Waals surface area contributed by atoms with Crippen molar-refractivity contribution in [2.45, 2.75) is 18.9 Å². The molecule has 0 saturated carbocycles. The van der Waals surface area contributed by atoms with Crippen molar-refractivity contribution in [1.82, 2.24) is 4.57 Å². The number of anilines is 1. The van der Waals surface area contributed by atoms with Crippen molar-refractivity contribution in [2.24, 2.45) is 4.99 Å². The van der Waals surface area contributed by atoms with Crippen LogP contribution in [0.4, 0.5) is 11.4 Å². The summed E-state index contributed by atoms with van der Waals surface area (Å²) in [6.07, 6.45) is 3.46. The number of nitro benzene ring substituents is 1. The van der Waals surface area contributed by atoms with Gasteiger partial charge in [0.15, 0.2) is 4.80 Å². The molecule has 1 atom stereocenters. The first kappa shape index (κ1) is 23.1. The van der Waals surface area contributed by atoms with Crippen LogP contribution in [-0.4, -0.2) is 23.6 Å². The van der Waals surface area contributed by atoms with Crippen LogP contribution in [0.25, 0.3) is 11.8 Å². The smallest absolute Gasteiger partial charge is 0.271 e. The SMILES string of the molecule is CN(C)c1ccc(/C=c2/sc3n(c2=O)[C@H](c2cccc([N+](=O)[O-])c2)C2=C(N=3)c3ccccc3CC2)cc1. The third kappa shape index (κ3) is 3.99. The Balaban J connectivity index is 1.58. The van der Waals surface area contributed by atoms with Crippen molar-refractivity contribution >= 4 is 34.5 Å². The quantitative estimate of drug-likeness (QED) is 0.304. The number of allylic oxidation sites excluding steroid dienone is 1. The molecule has 1 aromatic heterocycles. The molecule has 4 aromatic rings. The second-order valence-corrected chi connectivity index (χ2v) is 10.5. The summed E-state index contributed by atoms with van der Waals surface area (Å²) < 4.78 is 2.30. The van der Waals surface area contributed by atoms with Crippen molar-refractivity contribution in [2.75, 3.05) is 19.0 Å². The number of hydrogen-bond donors (Lipinski definition) is 0. The van der Waals surface area contributed by atoms with E-state index in [0.29, 0.717) is 9.33 Å². The molecule has 0 fully saturated rings. The Bertz CT molecular complexity index is 1760. The number of thiazole rings is 1. The highest BCUT2D eigenvalue weighted by Gasteiger charge is 2.33. The molecule has 0 spiro atoms. The number of non-ortho nitro benzene ring substituents is 1. The lowest BCUT2D eigenvalue weighted by atomic mass is 9.83. The van der Waals surface area contributed by atoms with E-state index in [1.165, 1.54) is 23.0 Å². The van der Waals surface area contributed by atoms with E-state index in [2.05, 4.69) is 12.1 Å². The third-order valence-electron chi connectivity index (χ3n) is 6.98. The molecule has 0 radical (unpaired) electrons. The van der Waals surface area contributed by atoms with Crippen molar-refractivity contribution < 1.29 is 4.92 Å². The number of nitro groups is 1. The summed E-state index contributed by atoms with van der Waals surface area (Å²) in [5.41, 5.74) is 6.79. The average Bonchev–Trinajstić information content (AvgIpc) is 3.22. The van der Waals surface area contributed by atoms with E-state index in [1.807, 2.05) is 67.5 Å². The van der Waals surface area contributed by atoms with Crippen LogP contribution in [0.2, 0.25) is 0 Å². The Labute approximate surface area is 217 Å². The lowest BCUT2D eigenvalue weighted by Gasteiger charge is -2.30. The van der Waals surface area contributed by atoms with E-state index in [4.69, 9.17) is 4.99 Å². The van der Waals surface area contributed by atoms with Crippen LogP contribution < -0.4 is 19.8 Å². The Hall–Kier alpha value is -4.30. The minimum Gasteiger partial charge on any atom is -0.378 e.